The highest BCUT2D eigenvalue weighted by Gasteiger charge is 2.16. The second kappa shape index (κ2) is 5.16. The molecule has 0 amide bonds. The molecule has 1 N–H and O–H groups in total. The molecule has 12 heavy (non-hydrogen) atoms. The predicted octanol–water partition coefficient (Wildman–Crippen LogP) is 2.31. The standard InChI is InChI=1S/C10H20N2/c1-5-6-10(3,4)8-12-9(2)7-11/h9,12H,5-6,8H2,1-4H3. The molecule has 0 spiro atoms. The minimum absolute atomic E-state index is 0.0267. The topological polar surface area (TPSA) is 35.8 Å². The first-order valence-corrected chi connectivity index (χ1v) is 4.65. The van der Waals surface area contributed by atoms with Crippen molar-refractivity contribution in [1.82, 2.24) is 5.32 Å². The molecule has 0 saturated heterocycles. The van der Waals surface area contributed by atoms with Crippen LogP contribution in [0, 0.1) is 16.7 Å². The lowest BCUT2D eigenvalue weighted by Gasteiger charge is -2.25. The number of rotatable bonds is 5. The van der Waals surface area contributed by atoms with Crippen LogP contribution in [0.3, 0.4) is 0 Å². The minimum Gasteiger partial charge on any atom is -0.302 e. The lowest BCUT2D eigenvalue weighted by Crippen LogP contribution is -2.34. The van der Waals surface area contributed by atoms with Crippen molar-refractivity contribution in [3.63, 3.8) is 0 Å². The zero-order valence-corrected chi connectivity index (χ0v) is 8.65. The molecule has 0 heterocycles. The Morgan fingerprint density at radius 3 is 2.50 bits per heavy atom. The number of hydrogen-bond acceptors (Lipinski definition) is 2. The van der Waals surface area contributed by atoms with Crippen LogP contribution < -0.4 is 5.32 Å². The van der Waals surface area contributed by atoms with Crippen LogP contribution in [0.1, 0.15) is 40.5 Å². The molecule has 0 aromatic heterocycles. The fourth-order valence-electron chi connectivity index (χ4n) is 1.24. The van der Waals surface area contributed by atoms with Gasteiger partial charge in [-0.15, -0.1) is 0 Å². The average molecular weight is 168 g/mol. The molecule has 0 aliphatic rings. The molecular weight excluding hydrogens is 148 g/mol. The van der Waals surface area contributed by atoms with Crippen molar-refractivity contribution >= 4 is 0 Å². The number of nitrogens with one attached hydrogen (secondary N) is 1. The quantitative estimate of drug-likeness (QED) is 0.683. The van der Waals surface area contributed by atoms with Gasteiger partial charge in [0, 0.05) is 6.54 Å². The molecule has 0 aliphatic heterocycles. The minimum atomic E-state index is -0.0267. The fourth-order valence-corrected chi connectivity index (χ4v) is 1.24. The largest absolute Gasteiger partial charge is 0.302 e. The summed E-state index contributed by atoms with van der Waals surface area (Å²) in [6.45, 7) is 9.47. The Labute approximate surface area is 76.0 Å². The summed E-state index contributed by atoms with van der Waals surface area (Å²) in [5, 5.41) is 11.7. The third-order valence-electron chi connectivity index (χ3n) is 2.01. The number of hydrogen-bond donors (Lipinski definition) is 1. The molecule has 0 saturated carbocycles. The van der Waals surface area contributed by atoms with Crippen LogP contribution >= 0.6 is 0 Å². The van der Waals surface area contributed by atoms with Gasteiger partial charge in [0.15, 0.2) is 0 Å². The Bertz CT molecular complexity index is 156. The van der Waals surface area contributed by atoms with Crippen molar-refractivity contribution in [3.8, 4) is 6.07 Å². The molecule has 0 aliphatic carbocycles. The van der Waals surface area contributed by atoms with Gasteiger partial charge in [-0.2, -0.15) is 5.26 Å². The summed E-state index contributed by atoms with van der Waals surface area (Å²) in [6, 6.07) is 2.14. The van der Waals surface area contributed by atoms with Gasteiger partial charge >= 0.3 is 0 Å². The first kappa shape index (κ1) is 11.4. The summed E-state index contributed by atoms with van der Waals surface area (Å²) >= 11 is 0. The summed E-state index contributed by atoms with van der Waals surface area (Å²) in [7, 11) is 0. The number of nitriles is 1. The Kier molecular flexibility index (Phi) is 4.92. The van der Waals surface area contributed by atoms with E-state index >= 15 is 0 Å². The number of nitrogens with zero attached hydrogens (tertiary/aromatic N) is 1. The van der Waals surface area contributed by atoms with E-state index in [0.717, 1.165) is 6.54 Å². The van der Waals surface area contributed by atoms with Crippen LogP contribution in [0.15, 0.2) is 0 Å². The van der Waals surface area contributed by atoms with E-state index in [1.54, 1.807) is 0 Å². The Morgan fingerprint density at radius 2 is 2.08 bits per heavy atom. The van der Waals surface area contributed by atoms with Crippen molar-refractivity contribution in [2.24, 2.45) is 5.41 Å². The maximum absolute atomic E-state index is 8.55. The molecule has 0 rings (SSSR count). The van der Waals surface area contributed by atoms with Crippen molar-refractivity contribution < 1.29 is 0 Å². The van der Waals surface area contributed by atoms with Crippen molar-refractivity contribution in [2.75, 3.05) is 6.54 Å². The van der Waals surface area contributed by atoms with E-state index in [1.165, 1.54) is 12.8 Å². The van der Waals surface area contributed by atoms with Crippen LogP contribution in [-0.2, 0) is 0 Å². The zero-order chi connectivity index (χ0) is 9.61. The average Bonchev–Trinajstić information content (AvgIpc) is 2.00. The molecule has 70 valence electrons. The van der Waals surface area contributed by atoms with E-state index in [2.05, 4.69) is 32.2 Å². The second-order valence-electron chi connectivity index (χ2n) is 4.15. The van der Waals surface area contributed by atoms with Crippen molar-refractivity contribution in [3.05, 3.63) is 0 Å². The van der Waals surface area contributed by atoms with Gasteiger partial charge < -0.3 is 5.32 Å². The highest BCUT2D eigenvalue weighted by atomic mass is 14.9. The van der Waals surface area contributed by atoms with Crippen molar-refractivity contribution in [2.45, 2.75) is 46.6 Å². The summed E-state index contributed by atoms with van der Waals surface area (Å²) in [5.74, 6) is 0. The first-order chi connectivity index (χ1) is 5.52. The molecule has 0 aromatic carbocycles. The zero-order valence-electron chi connectivity index (χ0n) is 8.65. The molecule has 0 bridgehead atoms. The smallest absolute Gasteiger partial charge is 0.0924 e. The fraction of sp³-hybridized carbons (Fsp3) is 0.900. The van der Waals surface area contributed by atoms with Gasteiger partial charge in [-0.1, -0.05) is 27.2 Å². The monoisotopic (exact) mass is 168 g/mol. The van der Waals surface area contributed by atoms with E-state index in [1.807, 2.05) is 6.92 Å². The second-order valence-corrected chi connectivity index (χ2v) is 4.15. The van der Waals surface area contributed by atoms with E-state index in [-0.39, 0.29) is 6.04 Å². The summed E-state index contributed by atoms with van der Waals surface area (Å²) in [4.78, 5) is 0. The Morgan fingerprint density at radius 1 is 1.50 bits per heavy atom. The van der Waals surface area contributed by atoms with E-state index in [4.69, 9.17) is 5.26 Å². The van der Waals surface area contributed by atoms with Gasteiger partial charge in [0.05, 0.1) is 12.1 Å². The molecule has 0 aromatic rings. The molecular formula is C10H20N2. The molecule has 0 radical (unpaired) electrons. The summed E-state index contributed by atoms with van der Waals surface area (Å²) < 4.78 is 0. The van der Waals surface area contributed by atoms with Crippen molar-refractivity contribution in [1.29, 1.82) is 5.26 Å². The van der Waals surface area contributed by atoms with Gasteiger partial charge in [0.25, 0.3) is 0 Å². The highest BCUT2D eigenvalue weighted by Crippen LogP contribution is 2.20. The van der Waals surface area contributed by atoms with Gasteiger partial charge in [0.1, 0.15) is 0 Å². The van der Waals surface area contributed by atoms with Gasteiger partial charge in [0.2, 0.25) is 0 Å². The van der Waals surface area contributed by atoms with Crippen LogP contribution in [-0.4, -0.2) is 12.6 Å². The molecule has 1 atom stereocenters. The Balaban J connectivity index is 3.68. The first-order valence-electron chi connectivity index (χ1n) is 4.65. The third-order valence-corrected chi connectivity index (χ3v) is 2.01. The maximum Gasteiger partial charge on any atom is 0.0924 e. The predicted molar refractivity (Wildman–Crippen MR) is 51.8 cm³/mol. The summed E-state index contributed by atoms with van der Waals surface area (Å²) in [5.41, 5.74) is 0.319. The van der Waals surface area contributed by atoms with E-state index < -0.39 is 0 Å². The Hall–Kier alpha value is -0.550. The van der Waals surface area contributed by atoms with Gasteiger partial charge in [-0.3, -0.25) is 0 Å². The maximum atomic E-state index is 8.55. The van der Waals surface area contributed by atoms with Gasteiger partial charge in [-0.05, 0) is 18.8 Å². The van der Waals surface area contributed by atoms with E-state index in [0.29, 0.717) is 5.41 Å². The van der Waals surface area contributed by atoms with Crippen LogP contribution in [0.4, 0.5) is 0 Å². The summed E-state index contributed by atoms with van der Waals surface area (Å²) in [6.07, 6.45) is 2.41. The molecule has 2 heteroatoms. The van der Waals surface area contributed by atoms with Crippen LogP contribution in [0.25, 0.3) is 0 Å². The third kappa shape index (κ3) is 5.15. The molecule has 0 fully saturated rings. The lowest BCUT2D eigenvalue weighted by atomic mass is 9.88. The molecule has 2 nitrogen and oxygen atoms in total. The van der Waals surface area contributed by atoms with E-state index in [9.17, 15) is 0 Å². The SMILES string of the molecule is CCCC(C)(C)CNC(C)C#N. The van der Waals surface area contributed by atoms with Gasteiger partial charge in [-0.25, -0.2) is 0 Å². The normalized spacial score (nSPS) is 13.9. The highest BCUT2D eigenvalue weighted by molar-refractivity contribution is 4.87. The van der Waals surface area contributed by atoms with Crippen LogP contribution in [0.2, 0.25) is 0 Å². The molecule has 1 unspecified atom stereocenters. The van der Waals surface area contributed by atoms with Crippen LogP contribution in [0.5, 0.6) is 0 Å². The lowest BCUT2D eigenvalue weighted by molar-refractivity contribution is 0.306.